The number of aromatic nitrogens is 4. The highest BCUT2D eigenvalue weighted by atomic mass is 16.1. The lowest BCUT2D eigenvalue weighted by atomic mass is 9.71. The fraction of sp³-hybridized carbons (Fsp3) is 0.500. The van der Waals surface area contributed by atoms with E-state index in [2.05, 4.69) is 20.4 Å². The Kier molecular flexibility index (Phi) is 4.66. The molecular weight excluding hydrogens is 292 g/mol. The van der Waals surface area contributed by atoms with Gasteiger partial charge < -0.3 is 11.1 Å². The molecule has 0 radical (unpaired) electrons. The van der Waals surface area contributed by atoms with Crippen molar-refractivity contribution in [3.63, 3.8) is 0 Å². The molecule has 0 bridgehead atoms. The molecule has 0 saturated heterocycles. The Hall–Kier alpha value is -2.28. The zero-order chi connectivity index (χ0) is 16.1. The smallest absolute Gasteiger partial charge is 0.250 e. The quantitative estimate of drug-likeness (QED) is 0.878. The van der Waals surface area contributed by atoms with Crippen molar-refractivity contribution in [3.05, 3.63) is 30.9 Å². The van der Waals surface area contributed by atoms with Crippen LogP contribution in [0.4, 0.5) is 5.69 Å². The lowest BCUT2D eigenvalue weighted by molar-refractivity contribution is -0.118. The van der Waals surface area contributed by atoms with Crippen LogP contribution in [-0.2, 0) is 4.79 Å². The number of hydrogen-bond acceptors (Lipinski definition) is 5. The summed E-state index contributed by atoms with van der Waals surface area (Å²) in [6.45, 7) is 0.567. The Morgan fingerprint density at radius 2 is 2.00 bits per heavy atom. The molecule has 7 nitrogen and oxygen atoms in total. The number of anilines is 1. The average Bonchev–Trinajstić information content (AvgIpc) is 3.05. The molecular formula is C16H22N6O. The zero-order valence-electron chi connectivity index (χ0n) is 13.1. The fourth-order valence-electron chi connectivity index (χ4n) is 3.21. The maximum Gasteiger partial charge on any atom is 0.250 e. The summed E-state index contributed by atoms with van der Waals surface area (Å²) in [4.78, 5) is 20.6. The molecule has 2 heterocycles. The van der Waals surface area contributed by atoms with Crippen molar-refractivity contribution in [3.8, 4) is 5.95 Å². The number of carbonyl (C=O) groups is 1. The van der Waals surface area contributed by atoms with Crippen molar-refractivity contribution in [1.82, 2.24) is 19.7 Å². The first-order valence-electron chi connectivity index (χ1n) is 8.03. The summed E-state index contributed by atoms with van der Waals surface area (Å²) in [7, 11) is 0. The summed E-state index contributed by atoms with van der Waals surface area (Å²) in [6.07, 6.45) is 12.7. The lowest BCUT2D eigenvalue weighted by Gasteiger charge is -2.35. The van der Waals surface area contributed by atoms with Crippen molar-refractivity contribution in [2.75, 3.05) is 11.9 Å². The Morgan fingerprint density at radius 3 is 2.70 bits per heavy atom. The molecule has 1 amide bonds. The highest BCUT2D eigenvalue weighted by Crippen LogP contribution is 2.38. The molecule has 0 aromatic carbocycles. The predicted octanol–water partition coefficient (Wildman–Crippen LogP) is 1.90. The molecule has 2 aromatic heterocycles. The summed E-state index contributed by atoms with van der Waals surface area (Å²) in [5.74, 6) is 0.463. The molecule has 0 spiro atoms. The maximum atomic E-state index is 12.4. The average molecular weight is 314 g/mol. The third-order valence-electron chi connectivity index (χ3n) is 4.51. The molecule has 7 heteroatoms. The van der Waals surface area contributed by atoms with Crippen LogP contribution in [0.2, 0.25) is 0 Å². The van der Waals surface area contributed by atoms with Gasteiger partial charge in [0.1, 0.15) is 0 Å². The van der Waals surface area contributed by atoms with Crippen LogP contribution in [0.3, 0.4) is 0 Å². The van der Waals surface area contributed by atoms with E-state index in [1.165, 1.54) is 11.1 Å². The van der Waals surface area contributed by atoms with E-state index in [1.54, 1.807) is 30.9 Å². The van der Waals surface area contributed by atoms with Crippen LogP contribution in [0.1, 0.15) is 38.5 Å². The number of hydrogen-bond donors (Lipinski definition) is 2. The van der Waals surface area contributed by atoms with Crippen LogP contribution in [0.5, 0.6) is 0 Å². The van der Waals surface area contributed by atoms with Gasteiger partial charge in [-0.05, 0) is 30.9 Å². The summed E-state index contributed by atoms with van der Waals surface area (Å²) in [5, 5.41) is 7.08. The van der Waals surface area contributed by atoms with Crippen LogP contribution < -0.4 is 11.1 Å². The minimum atomic E-state index is -0.0408. The molecule has 1 fully saturated rings. The first-order valence-corrected chi connectivity index (χ1v) is 8.03. The summed E-state index contributed by atoms with van der Waals surface area (Å²) in [5.41, 5.74) is 6.55. The van der Waals surface area contributed by atoms with Gasteiger partial charge in [-0.2, -0.15) is 5.10 Å². The Balaban J connectivity index is 1.63. The summed E-state index contributed by atoms with van der Waals surface area (Å²) < 4.78 is 1.54. The van der Waals surface area contributed by atoms with E-state index < -0.39 is 0 Å². The monoisotopic (exact) mass is 314 g/mol. The topological polar surface area (TPSA) is 98.7 Å². The lowest BCUT2D eigenvalue weighted by Crippen LogP contribution is -2.36. The molecule has 1 aliphatic rings. The van der Waals surface area contributed by atoms with E-state index in [-0.39, 0.29) is 11.3 Å². The molecule has 3 N–H and O–H groups in total. The van der Waals surface area contributed by atoms with Gasteiger partial charge in [0, 0.05) is 18.8 Å². The van der Waals surface area contributed by atoms with Crippen LogP contribution in [-0.4, -0.2) is 32.2 Å². The van der Waals surface area contributed by atoms with Gasteiger partial charge in [0.15, 0.2) is 0 Å². The van der Waals surface area contributed by atoms with Gasteiger partial charge in [0.25, 0.3) is 0 Å². The van der Waals surface area contributed by atoms with Crippen molar-refractivity contribution < 1.29 is 4.79 Å². The number of nitrogens with zero attached hydrogens (tertiary/aromatic N) is 4. The van der Waals surface area contributed by atoms with Gasteiger partial charge in [-0.15, -0.1) is 0 Å². The SMILES string of the molecule is NCC1(CC(=O)Nc2cnn(-c3ncccn3)c2)CCCCC1. The van der Waals surface area contributed by atoms with E-state index in [1.807, 2.05) is 0 Å². The molecule has 122 valence electrons. The van der Waals surface area contributed by atoms with Crippen LogP contribution in [0.25, 0.3) is 5.95 Å². The second-order valence-corrected chi connectivity index (χ2v) is 6.21. The van der Waals surface area contributed by atoms with Gasteiger partial charge in [0.2, 0.25) is 11.9 Å². The third kappa shape index (κ3) is 3.73. The van der Waals surface area contributed by atoms with Crippen molar-refractivity contribution >= 4 is 11.6 Å². The van der Waals surface area contributed by atoms with Gasteiger partial charge >= 0.3 is 0 Å². The largest absolute Gasteiger partial charge is 0.330 e. The number of carbonyl (C=O) groups excluding carboxylic acids is 1. The standard InChI is InChI=1S/C16H22N6O/c17-12-16(5-2-1-3-6-16)9-14(23)21-13-10-20-22(11-13)15-18-7-4-8-19-15/h4,7-8,10-11H,1-3,5-6,9,12,17H2,(H,21,23). The minimum absolute atomic E-state index is 0.00844. The van der Waals surface area contributed by atoms with Crippen LogP contribution in [0, 0.1) is 5.41 Å². The molecule has 1 aliphatic carbocycles. The number of rotatable bonds is 5. The van der Waals surface area contributed by atoms with E-state index in [0.717, 1.165) is 25.7 Å². The molecule has 0 aliphatic heterocycles. The van der Waals surface area contributed by atoms with E-state index in [0.29, 0.717) is 24.6 Å². The first-order chi connectivity index (χ1) is 11.2. The van der Waals surface area contributed by atoms with Crippen LogP contribution in [0.15, 0.2) is 30.9 Å². The van der Waals surface area contributed by atoms with Crippen LogP contribution >= 0.6 is 0 Å². The van der Waals surface area contributed by atoms with Gasteiger partial charge in [-0.1, -0.05) is 19.3 Å². The normalized spacial score (nSPS) is 16.9. The van der Waals surface area contributed by atoms with Gasteiger partial charge in [-0.25, -0.2) is 14.6 Å². The van der Waals surface area contributed by atoms with Crippen molar-refractivity contribution in [2.45, 2.75) is 38.5 Å². The zero-order valence-corrected chi connectivity index (χ0v) is 13.1. The Labute approximate surface area is 135 Å². The summed E-state index contributed by atoms with van der Waals surface area (Å²) >= 11 is 0. The van der Waals surface area contributed by atoms with Crippen molar-refractivity contribution in [1.29, 1.82) is 0 Å². The third-order valence-corrected chi connectivity index (χ3v) is 4.51. The fourth-order valence-corrected chi connectivity index (χ4v) is 3.21. The Bertz CT molecular complexity index is 648. The minimum Gasteiger partial charge on any atom is -0.330 e. The molecule has 2 aromatic rings. The second-order valence-electron chi connectivity index (χ2n) is 6.21. The predicted molar refractivity (Wildman–Crippen MR) is 87.0 cm³/mol. The second kappa shape index (κ2) is 6.87. The molecule has 1 saturated carbocycles. The number of amides is 1. The molecule has 23 heavy (non-hydrogen) atoms. The van der Waals surface area contributed by atoms with E-state index >= 15 is 0 Å². The Morgan fingerprint density at radius 1 is 1.26 bits per heavy atom. The maximum absolute atomic E-state index is 12.4. The summed E-state index contributed by atoms with van der Waals surface area (Å²) in [6, 6.07) is 1.74. The molecule has 3 rings (SSSR count). The van der Waals surface area contributed by atoms with E-state index in [9.17, 15) is 4.79 Å². The highest BCUT2D eigenvalue weighted by molar-refractivity contribution is 5.90. The number of nitrogens with one attached hydrogen (secondary N) is 1. The first kappa shape index (κ1) is 15.6. The van der Waals surface area contributed by atoms with Crippen molar-refractivity contribution in [2.24, 2.45) is 11.1 Å². The number of nitrogens with two attached hydrogens (primary N) is 1. The van der Waals surface area contributed by atoms with E-state index in [4.69, 9.17) is 5.73 Å². The highest BCUT2D eigenvalue weighted by Gasteiger charge is 2.33. The molecule has 0 unspecified atom stereocenters. The van der Waals surface area contributed by atoms with Gasteiger partial charge in [-0.3, -0.25) is 4.79 Å². The van der Waals surface area contributed by atoms with Gasteiger partial charge in [0.05, 0.1) is 18.1 Å². The molecule has 0 atom stereocenters.